The third-order valence-electron chi connectivity index (χ3n) is 5.00. The summed E-state index contributed by atoms with van der Waals surface area (Å²) < 4.78 is 0. The first-order valence-corrected chi connectivity index (χ1v) is 9.02. The molecule has 0 saturated carbocycles. The van der Waals surface area contributed by atoms with Crippen molar-refractivity contribution in [2.75, 3.05) is 13.1 Å². The highest BCUT2D eigenvalue weighted by Gasteiger charge is 2.21. The van der Waals surface area contributed by atoms with Crippen molar-refractivity contribution in [1.29, 1.82) is 0 Å². The normalized spacial score (nSPS) is 14.7. The maximum absolute atomic E-state index is 12.4. The Labute approximate surface area is 174 Å². The topological polar surface area (TPSA) is 58.4 Å². The Balaban J connectivity index is 0.00000182. The highest BCUT2D eigenvalue weighted by molar-refractivity contribution is 5.94. The van der Waals surface area contributed by atoms with Gasteiger partial charge in [-0.15, -0.1) is 24.8 Å². The Hall–Kier alpha value is -1.59. The summed E-state index contributed by atoms with van der Waals surface area (Å²) in [5.74, 6) is 0.00709. The number of halogens is 2. The second-order valence-corrected chi connectivity index (χ2v) is 6.85. The number of nitrogens with one attached hydrogen (secondary N) is 1. The number of nitrogens with zero attached hydrogens (tertiary/aromatic N) is 1. The van der Waals surface area contributed by atoms with E-state index in [2.05, 4.69) is 41.4 Å². The zero-order chi connectivity index (χ0) is 17.6. The third-order valence-corrected chi connectivity index (χ3v) is 5.00. The number of carbonyl (C=O) groups excluding carboxylic acids is 1. The van der Waals surface area contributed by atoms with E-state index < -0.39 is 0 Å². The first kappa shape index (κ1) is 23.4. The number of hydrogen-bond donors (Lipinski definition) is 2. The molecule has 0 aromatic heterocycles. The van der Waals surface area contributed by atoms with Gasteiger partial charge in [-0.05, 0) is 48.6 Å². The number of benzene rings is 2. The van der Waals surface area contributed by atoms with Crippen LogP contribution in [0.4, 0.5) is 0 Å². The minimum atomic E-state index is 0. The molecule has 1 heterocycles. The molecule has 0 bridgehead atoms. The minimum Gasteiger partial charge on any atom is -0.349 e. The van der Waals surface area contributed by atoms with Crippen LogP contribution in [-0.4, -0.2) is 29.9 Å². The van der Waals surface area contributed by atoms with E-state index in [9.17, 15) is 4.79 Å². The van der Waals surface area contributed by atoms with Crippen molar-refractivity contribution < 1.29 is 4.79 Å². The molecular formula is C21H29Cl2N3O. The summed E-state index contributed by atoms with van der Waals surface area (Å²) in [6.45, 7) is 5.65. The number of aryl methyl sites for hydroxylation is 1. The second kappa shape index (κ2) is 11.3. The largest absolute Gasteiger partial charge is 0.349 e. The van der Waals surface area contributed by atoms with Crippen LogP contribution in [0.1, 0.15) is 39.9 Å². The van der Waals surface area contributed by atoms with Gasteiger partial charge < -0.3 is 11.1 Å². The van der Waals surface area contributed by atoms with E-state index in [1.807, 2.05) is 24.3 Å². The lowest BCUT2D eigenvalue weighted by molar-refractivity contribution is 0.0909. The van der Waals surface area contributed by atoms with Crippen LogP contribution in [0.3, 0.4) is 0 Å². The number of likely N-dealkylation sites (tertiary alicyclic amines) is 1. The van der Waals surface area contributed by atoms with E-state index in [4.69, 9.17) is 5.73 Å². The molecule has 0 unspecified atom stereocenters. The summed E-state index contributed by atoms with van der Waals surface area (Å²) in [5.41, 5.74) is 10.1. The predicted octanol–water partition coefficient (Wildman–Crippen LogP) is 3.69. The van der Waals surface area contributed by atoms with Crippen LogP contribution < -0.4 is 11.1 Å². The number of hydrogen-bond acceptors (Lipinski definition) is 3. The summed E-state index contributed by atoms with van der Waals surface area (Å²) in [5, 5.41) is 3.18. The van der Waals surface area contributed by atoms with Gasteiger partial charge in [-0.1, -0.05) is 36.4 Å². The van der Waals surface area contributed by atoms with Crippen LogP contribution in [0.15, 0.2) is 48.5 Å². The Bertz CT molecular complexity index is 731. The van der Waals surface area contributed by atoms with Gasteiger partial charge in [0.1, 0.15) is 0 Å². The number of amides is 1. The van der Waals surface area contributed by atoms with E-state index in [1.165, 1.54) is 11.1 Å². The SMILES string of the molecule is Cc1ccccc1CN1CCC(NC(=O)c2cccc(CN)c2)CC1.Cl.Cl. The summed E-state index contributed by atoms with van der Waals surface area (Å²) in [6.07, 6.45) is 1.99. The Kier molecular flexibility index (Phi) is 9.81. The molecule has 3 N–H and O–H groups in total. The van der Waals surface area contributed by atoms with Crippen LogP contribution in [0.25, 0.3) is 0 Å². The van der Waals surface area contributed by atoms with Gasteiger partial charge in [-0.2, -0.15) is 0 Å². The Morgan fingerprint density at radius 3 is 2.48 bits per heavy atom. The van der Waals surface area contributed by atoms with Crippen molar-refractivity contribution in [3.8, 4) is 0 Å². The van der Waals surface area contributed by atoms with Gasteiger partial charge in [0.25, 0.3) is 5.91 Å². The van der Waals surface area contributed by atoms with Gasteiger partial charge in [0.2, 0.25) is 0 Å². The maximum Gasteiger partial charge on any atom is 0.251 e. The second-order valence-electron chi connectivity index (χ2n) is 6.85. The van der Waals surface area contributed by atoms with Crippen molar-refractivity contribution in [3.63, 3.8) is 0 Å². The highest BCUT2D eigenvalue weighted by Crippen LogP contribution is 2.16. The molecule has 1 fully saturated rings. The third kappa shape index (κ3) is 6.51. The van der Waals surface area contributed by atoms with Crippen molar-refractivity contribution in [2.24, 2.45) is 5.73 Å². The average molecular weight is 410 g/mol. The molecule has 0 spiro atoms. The van der Waals surface area contributed by atoms with Gasteiger partial charge in [-0.25, -0.2) is 0 Å². The summed E-state index contributed by atoms with van der Waals surface area (Å²) >= 11 is 0. The van der Waals surface area contributed by atoms with Gasteiger partial charge >= 0.3 is 0 Å². The molecular weight excluding hydrogens is 381 g/mol. The van der Waals surface area contributed by atoms with E-state index >= 15 is 0 Å². The molecule has 0 radical (unpaired) electrons. The summed E-state index contributed by atoms with van der Waals surface area (Å²) in [7, 11) is 0. The molecule has 148 valence electrons. The van der Waals surface area contributed by atoms with E-state index in [1.54, 1.807) is 0 Å². The number of rotatable bonds is 5. The molecule has 1 aliphatic heterocycles. The van der Waals surface area contributed by atoms with Gasteiger partial charge in [0.05, 0.1) is 0 Å². The molecule has 27 heavy (non-hydrogen) atoms. The summed E-state index contributed by atoms with van der Waals surface area (Å²) in [4.78, 5) is 14.9. The fraction of sp³-hybridized carbons (Fsp3) is 0.381. The van der Waals surface area contributed by atoms with Crippen LogP contribution in [0.5, 0.6) is 0 Å². The lowest BCUT2D eigenvalue weighted by Crippen LogP contribution is -2.44. The molecule has 1 saturated heterocycles. The standard InChI is InChI=1S/C21H27N3O.2ClH/c1-16-5-2-3-7-19(16)15-24-11-9-20(10-12-24)23-21(25)18-8-4-6-17(13-18)14-22;;/h2-8,13,20H,9-12,14-15,22H2,1H3,(H,23,25);2*1H. The monoisotopic (exact) mass is 409 g/mol. The first-order valence-electron chi connectivity index (χ1n) is 9.02. The highest BCUT2D eigenvalue weighted by atomic mass is 35.5. The van der Waals surface area contributed by atoms with Gasteiger partial charge in [-0.3, -0.25) is 9.69 Å². The summed E-state index contributed by atoms with van der Waals surface area (Å²) in [6, 6.07) is 16.4. The molecule has 2 aromatic carbocycles. The van der Waals surface area contributed by atoms with E-state index in [0.717, 1.165) is 38.0 Å². The molecule has 4 nitrogen and oxygen atoms in total. The Morgan fingerprint density at radius 2 is 1.81 bits per heavy atom. The van der Waals surface area contributed by atoms with Crippen LogP contribution in [0, 0.1) is 6.92 Å². The quantitative estimate of drug-likeness (QED) is 0.791. The molecule has 2 aromatic rings. The molecule has 3 rings (SSSR count). The maximum atomic E-state index is 12.4. The fourth-order valence-electron chi connectivity index (χ4n) is 3.37. The zero-order valence-corrected chi connectivity index (χ0v) is 17.3. The van der Waals surface area contributed by atoms with Crippen molar-refractivity contribution in [2.45, 2.75) is 38.9 Å². The number of carbonyl (C=O) groups is 1. The van der Waals surface area contributed by atoms with Crippen LogP contribution >= 0.6 is 24.8 Å². The number of piperidine rings is 1. The van der Waals surface area contributed by atoms with Crippen molar-refractivity contribution >= 4 is 30.7 Å². The zero-order valence-electron chi connectivity index (χ0n) is 15.7. The van der Waals surface area contributed by atoms with Crippen LogP contribution in [-0.2, 0) is 13.1 Å². The Morgan fingerprint density at radius 1 is 1.11 bits per heavy atom. The van der Waals surface area contributed by atoms with Crippen molar-refractivity contribution in [1.82, 2.24) is 10.2 Å². The lowest BCUT2D eigenvalue weighted by Gasteiger charge is -2.32. The van der Waals surface area contributed by atoms with E-state index in [0.29, 0.717) is 12.1 Å². The molecule has 1 aliphatic rings. The van der Waals surface area contributed by atoms with Crippen molar-refractivity contribution in [3.05, 3.63) is 70.8 Å². The smallest absolute Gasteiger partial charge is 0.251 e. The van der Waals surface area contributed by atoms with Gasteiger partial charge in [0, 0.05) is 37.8 Å². The molecule has 0 atom stereocenters. The predicted molar refractivity (Wildman–Crippen MR) is 116 cm³/mol. The molecule has 1 amide bonds. The minimum absolute atomic E-state index is 0. The fourth-order valence-corrected chi connectivity index (χ4v) is 3.37. The van der Waals surface area contributed by atoms with E-state index in [-0.39, 0.29) is 36.8 Å². The van der Waals surface area contributed by atoms with Gasteiger partial charge in [0.15, 0.2) is 0 Å². The number of nitrogens with two attached hydrogens (primary N) is 1. The first-order chi connectivity index (χ1) is 12.2. The lowest BCUT2D eigenvalue weighted by atomic mass is 10.0. The van der Waals surface area contributed by atoms with Crippen LogP contribution in [0.2, 0.25) is 0 Å². The molecule has 6 heteroatoms. The average Bonchev–Trinajstić information content (AvgIpc) is 2.65. The molecule has 0 aliphatic carbocycles.